The molecular weight excluding hydrogens is 278 g/mol. The molecule has 0 bridgehead atoms. The minimum atomic E-state index is -0.140. The van der Waals surface area contributed by atoms with Crippen molar-refractivity contribution in [3.8, 4) is 5.69 Å². The van der Waals surface area contributed by atoms with E-state index in [1.165, 1.54) is 6.33 Å². The van der Waals surface area contributed by atoms with Crippen molar-refractivity contribution in [2.75, 3.05) is 0 Å². The Morgan fingerprint density at radius 3 is 2.86 bits per heavy atom. The normalized spacial score (nSPS) is 10.4. The van der Waals surface area contributed by atoms with Crippen LogP contribution in [0.15, 0.2) is 55.2 Å². The monoisotopic (exact) mass is 293 g/mol. The highest BCUT2D eigenvalue weighted by Gasteiger charge is 2.10. The topological polar surface area (TPSA) is 72.7 Å². The number of nitrogens with zero attached hydrogens (tertiary/aromatic N) is 4. The average molecular weight is 293 g/mol. The molecule has 1 aromatic carbocycles. The molecule has 3 rings (SSSR count). The summed E-state index contributed by atoms with van der Waals surface area (Å²) in [7, 11) is 0. The summed E-state index contributed by atoms with van der Waals surface area (Å²) < 4.78 is 1.68. The Morgan fingerprint density at radius 1 is 1.23 bits per heavy atom. The molecule has 0 unspecified atom stereocenters. The molecule has 0 saturated carbocycles. The third-order valence-electron chi connectivity index (χ3n) is 3.35. The lowest BCUT2D eigenvalue weighted by Gasteiger charge is -2.11. The second kappa shape index (κ2) is 6.17. The molecule has 6 nitrogen and oxygen atoms in total. The van der Waals surface area contributed by atoms with Crippen LogP contribution in [0.2, 0.25) is 0 Å². The standard InChI is InChI=1S/C16H15N5O/c1-12-14(6-4-8-18-12)16(22)19-9-13-5-2-3-7-15(13)21-11-17-10-20-21/h2-8,10-11H,9H2,1H3,(H,19,22). The number of aromatic nitrogens is 4. The average Bonchev–Trinajstić information content (AvgIpc) is 3.07. The summed E-state index contributed by atoms with van der Waals surface area (Å²) >= 11 is 0. The summed E-state index contributed by atoms with van der Waals surface area (Å²) in [6.45, 7) is 2.22. The van der Waals surface area contributed by atoms with Crippen LogP contribution in [0.1, 0.15) is 21.6 Å². The van der Waals surface area contributed by atoms with Crippen LogP contribution in [0.5, 0.6) is 0 Å². The number of amides is 1. The van der Waals surface area contributed by atoms with Crippen molar-refractivity contribution in [3.63, 3.8) is 0 Å². The lowest BCUT2D eigenvalue weighted by molar-refractivity contribution is 0.0950. The third-order valence-corrected chi connectivity index (χ3v) is 3.35. The van der Waals surface area contributed by atoms with Crippen LogP contribution in [0, 0.1) is 6.92 Å². The predicted molar refractivity (Wildman–Crippen MR) is 81.5 cm³/mol. The van der Waals surface area contributed by atoms with Crippen molar-refractivity contribution < 1.29 is 4.79 Å². The molecule has 0 radical (unpaired) electrons. The van der Waals surface area contributed by atoms with Gasteiger partial charge in [0, 0.05) is 18.4 Å². The zero-order valence-corrected chi connectivity index (χ0v) is 12.1. The molecule has 0 aliphatic carbocycles. The van der Waals surface area contributed by atoms with Crippen molar-refractivity contribution in [1.82, 2.24) is 25.1 Å². The van der Waals surface area contributed by atoms with Gasteiger partial charge >= 0.3 is 0 Å². The van der Waals surface area contributed by atoms with Gasteiger partial charge in [0.1, 0.15) is 12.7 Å². The second-order valence-corrected chi connectivity index (χ2v) is 4.79. The summed E-state index contributed by atoms with van der Waals surface area (Å²) in [6.07, 6.45) is 4.78. The number of hydrogen-bond donors (Lipinski definition) is 1. The number of nitrogens with one attached hydrogen (secondary N) is 1. The van der Waals surface area contributed by atoms with Gasteiger partial charge in [0.05, 0.1) is 11.3 Å². The molecule has 0 atom stereocenters. The maximum Gasteiger partial charge on any atom is 0.253 e. The van der Waals surface area contributed by atoms with Crippen molar-refractivity contribution in [1.29, 1.82) is 0 Å². The van der Waals surface area contributed by atoms with E-state index in [2.05, 4.69) is 20.4 Å². The quantitative estimate of drug-likeness (QED) is 0.797. The van der Waals surface area contributed by atoms with Crippen LogP contribution in [0.25, 0.3) is 5.69 Å². The van der Waals surface area contributed by atoms with Crippen molar-refractivity contribution in [3.05, 3.63) is 72.1 Å². The van der Waals surface area contributed by atoms with Gasteiger partial charge in [-0.3, -0.25) is 9.78 Å². The van der Waals surface area contributed by atoms with E-state index in [0.29, 0.717) is 17.8 Å². The van der Waals surface area contributed by atoms with E-state index >= 15 is 0 Å². The first-order valence-electron chi connectivity index (χ1n) is 6.88. The highest BCUT2D eigenvalue weighted by Crippen LogP contribution is 2.13. The van der Waals surface area contributed by atoms with E-state index in [-0.39, 0.29) is 5.91 Å². The Bertz CT molecular complexity index is 783. The summed E-state index contributed by atoms with van der Waals surface area (Å²) in [6, 6.07) is 11.3. The number of carbonyl (C=O) groups is 1. The summed E-state index contributed by atoms with van der Waals surface area (Å²) in [5.41, 5.74) is 3.15. The maximum absolute atomic E-state index is 12.3. The first-order chi connectivity index (χ1) is 10.8. The minimum absolute atomic E-state index is 0.140. The molecule has 2 heterocycles. The number of benzene rings is 1. The summed E-state index contributed by atoms with van der Waals surface area (Å²) in [4.78, 5) is 20.3. The maximum atomic E-state index is 12.3. The van der Waals surface area contributed by atoms with Crippen LogP contribution in [-0.4, -0.2) is 25.7 Å². The molecule has 1 amide bonds. The number of para-hydroxylation sites is 1. The number of pyridine rings is 1. The summed E-state index contributed by atoms with van der Waals surface area (Å²) in [5, 5.41) is 7.05. The Morgan fingerprint density at radius 2 is 2.09 bits per heavy atom. The van der Waals surface area contributed by atoms with Crippen molar-refractivity contribution in [2.45, 2.75) is 13.5 Å². The number of aryl methyl sites for hydroxylation is 1. The fourth-order valence-electron chi connectivity index (χ4n) is 2.21. The van der Waals surface area contributed by atoms with Gasteiger partial charge in [-0.25, -0.2) is 9.67 Å². The Hall–Kier alpha value is -3.02. The first kappa shape index (κ1) is 13.9. The third kappa shape index (κ3) is 2.85. The fourth-order valence-corrected chi connectivity index (χ4v) is 2.21. The zero-order chi connectivity index (χ0) is 15.4. The largest absolute Gasteiger partial charge is 0.348 e. The Kier molecular flexibility index (Phi) is 3.91. The number of rotatable bonds is 4. The molecule has 110 valence electrons. The highest BCUT2D eigenvalue weighted by atomic mass is 16.1. The SMILES string of the molecule is Cc1ncccc1C(=O)NCc1ccccc1-n1cncn1. The molecule has 0 spiro atoms. The first-order valence-corrected chi connectivity index (χ1v) is 6.88. The molecule has 0 saturated heterocycles. The smallest absolute Gasteiger partial charge is 0.253 e. The zero-order valence-electron chi connectivity index (χ0n) is 12.1. The van der Waals surface area contributed by atoms with Gasteiger partial charge in [-0.15, -0.1) is 0 Å². The molecule has 1 N–H and O–H groups in total. The van der Waals surface area contributed by atoms with Gasteiger partial charge in [-0.05, 0) is 30.7 Å². The van der Waals surface area contributed by atoms with Gasteiger partial charge in [0.25, 0.3) is 5.91 Å². The fraction of sp³-hybridized carbons (Fsp3) is 0.125. The predicted octanol–water partition coefficient (Wildman–Crippen LogP) is 1.90. The van der Waals surface area contributed by atoms with Crippen LogP contribution in [0.3, 0.4) is 0 Å². The number of carbonyl (C=O) groups excluding carboxylic acids is 1. The van der Waals surface area contributed by atoms with Crippen LogP contribution in [0.4, 0.5) is 0 Å². The van der Waals surface area contributed by atoms with Gasteiger partial charge in [0.15, 0.2) is 0 Å². The minimum Gasteiger partial charge on any atom is -0.348 e. The Labute approximate surface area is 127 Å². The lowest BCUT2D eigenvalue weighted by Crippen LogP contribution is -2.24. The molecule has 0 fully saturated rings. The van der Waals surface area contributed by atoms with Crippen molar-refractivity contribution >= 4 is 5.91 Å². The molecule has 22 heavy (non-hydrogen) atoms. The van der Waals surface area contributed by atoms with E-state index in [0.717, 1.165) is 11.3 Å². The number of hydrogen-bond acceptors (Lipinski definition) is 4. The highest BCUT2D eigenvalue weighted by molar-refractivity contribution is 5.95. The lowest BCUT2D eigenvalue weighted by atomic mass is 10.1. The van der Waals surface area contributed by atoms with Crippen LogP contribution in [-0.2, 0) is 6.54 Å². The second-order valence-electron chi connectivity index (χ2n) is 4.79. The molecule has 0 aliphatic rings. The van der Waals surface area contributed by atoms with E-state index in [1.54, 1.807) is 29.3 Å². The van der Waals surface area contributed by atoms with Crippen molar-refractivity contribution in [2.24, 2.45) is 0 Å². The summed E-state index contributed by atoms with van der Waals surface area (Å²) in [5.74, 6) is -0.140. The van der Waals surface area contributed by atoms with E-state index < -0.39 is 0 Å². The van der Waals surface area contributed by atoms with Crippen LogP contribution < -0.4 is 5.32 Å². The van der Waals surface area contributed by atoms with Gasteiger partial charge in [0.2, 0.25) is 0 Å². The van der Waals surface area contributed by atoms with E-state index in [1.807, 2.05) is 31.2 Å². The molecule has 0 aliphatic heterocycles. The molecular formula is C16H15N5O. The van der Waals surface area contributed by atoms with Crippen LogP contribution >= 0.6 is 0 Å². The Balaban J connectivity index is 1.78. The molecule has 6 heteroatoms. The van der Waals surface area contributed by atoms with Gasteiger partial charge in [-0.2, -0.15) is 5.10 Å². The molecule has 3 aromatic rings. The van der Waals surface area contributed by atoms with Gasteiger partial charge < -0.3 is 5.32 Å². The van der Waals surface area contributed by atoms with E-state index in [9.17, 15) is 4.79 Å². The van der Waals surface area contributed by atoms with E-state index in [4.69, 9.17) is 0 Å². The van der Waals surface area contributed by atoms with Gasteiger partial charge in [-0.1, -0.05) is 18.2 Å². The molecule has 2 aromatic heterocycles.